The number of carbonyl (C=O) groups is 2. The molecule has 0 heterocycles. The lowest BCUT2D eigenvalue weighted by Gasteiger charge is -2.19. The van der Waals surface area contributed by atoms with Crippen LogP contribution in [0.5, 0.6) is 0 Å². The number of rotatable bonds is 4. The first kappa shape index (κ1) is 16.5. The first-order chi connectivity index (χ1) is 9.80. The van der Waals surface area contributed by atoms with Gasteiger partial charge in [-0.3, -0.25) is 4.79 Å². The van der Waals surface area contributed by atoms with E-state index in [9.17, 15) is 9.59 Å². The molecule has 21 heavy (non-hydrogen) atoms. The number of hydrogen-bond donors (Lipinski definition) is 3. The van der Waals surface area contributed by atoms with Gasteiger partial charge in [-0.15, -0.1) is 0 Å². The lowest BCUT2D eigenvalue weighted by Crippen LogP contribution is -2.36. The summed E-state index contributed by atoms with van der Waals surface area (Å²) in [5, 5.41) is 16.2. The van der Waals surface area contributed by atoms with Crippen molar-refractivity contribution >= 4 is 23.9 Å². The van der Waals surface area contributed by atoms with Gasteiger partial charge in [0, 0.05) is 5.69 Å². The number of carbonyl (C=O) groups excluding carboxylic acids is 2. The molecule has 0 aromatic heterocycles. The molecule has 0 fully saturated rings. The van der Waals surface area contributed by atoms with Crippen LogP contribution in [-0.4, -0.2) is 35.6 Å². The van der Waals surface area contributed by atoms with Crippen LogP contribution in [0.25, 0.3) is 0 Å². The summed E-state index contributed by atoms with van der Waals surface area (Å²) in [5.41, 5.74) is 0.656. The fourth-order valence-electron chi connectivity index (χ4n) is 1.42. The Morgan fingerprint density at radius 1 is 1.29 bits per heavy atom. The SMILES string of the molecule is CC(C)(C)OC(=O)CNC(=O)Nc1ccc(C=NO)cc1. The standard InChI is InChI=1S/C14H19N3O4/c1-14(2,3)21-12(18)9-15-13(19)17-11-6-4-10(5-7-11)8-16-20/h4-8,20H,9H2,1-3H3,(H2,15,17,19). The maximum atomic E-state index is 11.6. The normalized spacial score (nSPS) is 11.2. The van der Waals surface area contributed by atoms with E-state index in [2.05, 4.69) is 15.8 Å². The number of esters is 1. The summed E-state index contributed by atoms with van der Waals surface area (Å²) in [7, 11) is 0. The molecule has 1 rings (SSSR count). The number of urea groups is 1. The molecule has 0 saturated heterocycles. The topological polar surface area (TPSA) is 100 Å². The minimum Gasteiger partial charge on any atom is -0.459 e. The van der Waals surface area contributed by atoms with Crippen LogP contribution in [0.3, 0.4) is 0 Å². The quantitative estimate of drug-likeness (QED) is 0.342. The molecule has 0 aliphatic carbocycles. The summed E-state index contributed by atoms with van der Waals surface area (Å²) < 4.78 is 5.06. The van der Waals surface area contributed by atoms with Gasteiger partial charge in [0.05, 0.1) is 6.21 Å². The summed E-state index contributed by atoms with van der Waals surface area (Å²) in [6.45, 7) is 5.05. The second-order valence-electron chi connectivity index (χ2n) is 5.26. The van der Waals surface area contributed by atoms with Gasteiger partial charge < -0.3 is 20.6 Å². The van der Waals surface area contributed by atoms with E-state index in [-0.39, 0.29) is 6.54 Å². The van der Waals surface area contributed by atoms with E-state index in [1.54, 1.807) is 45.0 Å². The van der Waals surface area contributed by atoms with Crippen molar-refractivity contribution in [2.24, 2.45) is 5.16 Å². The van der Waals surface area contributed by atoms with Crippen LogP contribution in [-0.2, 0) is 9.53 Å². The zero-order valence-electron chi connectivity index (χ0n) is 12.2. The first-order valence-corrected chi connectivity index (χ1v) is 6.34. The number of nitrogens with zero attached hydrogens (tertiary/aromatic N) is 1. The molecule has 7 nitrogen and oxygen atoms in total. The highest BCUT2D eigenvalue weighted by atomic mass is 16.6. The number of hydrogen-bond acceptors (Lipinski definition) is 5. The first-order valence-electron chi connectivity index (χ1n) is 6.34. The predicted molar refractivity (Wildman–Crippen MR) is 78.7 cm³/mol. The Balaban J connectivity index is 2.41. The Bertz CT molecular complexity index is 518. The summed E-state index contributed by atoms with van der Waals surface area (Å²) >= 11 is 0. The fraction of sp³-hybridized carbons (Fsp3) is 0.357. The molecule has 0 bridgehead atoms. The minimum absolute atomic E-state index is 0.210. The average Bonchev–Trinajstić information content (AvgIpc) is 2.37. The molecule has 0 spiro atoms. The molecule has 0 saturated carbocycles. The van der Waals surface area contributed by atoms with E-state index in [0.717, 1.165) is 0 Å². The Morgan fingerprint density at radius 2 is 1.90 bits per heavy atom. The molecule has 1 aromatic carbocycles. The molecule has 0 aliphatic heterocycles. The highest BCUT2D eigenvalue weighted by Gasteiger charge is 2.16. The molecule has 114 valence electrons. The zero-order chi connectivity index (χ0) is 15.9. The van der Waals surface area contributed by atoms with E-state index in [1.165, 1.54) is 6.21 Å². The van der Waals surface area contributed by atoms with Gasteiger partial charge in [-0.1, -0.05) is 17.3 Å². The van der Waals surface area contributed by atoms with E-state index in [1.807, 2.05) is 0 Å². The smallest absolute Gasteiger partial charge is 0.325 e. The van der Waals surface area contributed by atoms with Gasteiger partial charge in [0.2, 0.25) is 0 Å². The molecule has 0 aliphatic rings. The van der Waals surface area contributed by atoms with Crippen LogP contribution in [0.15, 0.2) is 29.4 Å². The lowest BCUT2D eigenvalue weighted by atomic mass is 10.2. The van der Waals surface area contributed by atoms with Crippen molar-refractivity contribution in [2.75, 3.05) is 11.9 Å². The number of amides is 2. The third-order valence-corrected chi connectivity index (χ3v) is 2.19. The van der Waals surface area contributed by atoms with Crippen molar-refractivity contribution in [1.29, 1.82) is 0 Å². The number of nitrogens with one attached hydrogen (secondary N) is 2. The second kappa shape index (κ2) is 7.28. The zero-order valence-corrected chi connectivity index (χ0v) is 12.2. The van der Waals surface area contributed by atoms with Gasteiger partial charge in [-0.2, -0.15) is 0 Å². The summed E-state index contributed by atoms with van der Waals surface area (Å²) in [6.07, 6.45) is 1.27. The Kier molecular flexibility index (Phi) is 5.71. The van der Waals surface area contributed by atoms with E-state index >= 15 is 0 Å². The molecule has 2 amide bonds. The average molecular weight is 293 g/mol. The van der Waals surface area contributed by atoms with Gasteiger partial charge in [-0.25, -0.2) is 4.79 Å². The molecule has 3 N–H and O–H groups in total. The van der Waals surface area contributed by atoms with Gasteiger partial charge >= 0.3 is 12.0 Å². The van der Waals surface area contributed by atoms with Gasteiger partial charge in [0.25, 0.3) is 0 Å². The van der Waals surface area contributed by atoms with Crippen LogP contribution in [0, 0.1) is 0 Å². The van der Waals surface area contributed by atoms with Gasteiger partial charge in [0.15, 0.2) is 0 Å². The van der Waals surface area contributed by atoms with Crippen LogP contribution in [0.2, 0.25) is 0 Å². The minimum atomic E-state index is -0.584. The molecule has 0 radical (unpaired) electrons. The number of oxime groups is 1. The summed E-state index contributed by atoms with van der Waals surface area (Å²) in [5.74, 6) is -0.507. The van der Waals surface area contributed by atoms with Crippen molar-refractivity contribution in [3.8, 4) is 0 Å². The second-order valence-corrected chi connectivity index (χ2v) is 5.26. The largest absolute Gasteiger partial charge is 0.459 e. The van der Waals surface area contributed by atoms with Crippen molar-refractivity contribution in [3.05, 3.63) is 29.8 Å². The summed E-state index contributed by atoms with van der Waals surface area (Å²) in [4.78, 5) is 23.0. The van der Waals surface area contributed by atoms with Gasteiger partial charge in [0.1, 0.15) is 12.1 Å². The lowest BCUT2D eigenvalue weighted by molar-refractivity contribution is -0.153. The molecule has 1 aromatic rings. The van der Waals surface area contributed by atoms with Crippen LogP contribution >= 0.6 is 0 Å². The monoisotopic (exact) mass is 293 g/mol. The number of ether oxygens (including phenoxy) is 1. The van der Waals surface area contributed by atoms with Crippen molar-refractivity contribution in [3.63, 3.8) is 0 Å². The van der Waals surface area contributed by atoms with Crippen molar-refractivity contribution in [1.82, 2.24) is 5.32 Å². The molecule has 0 atom stereocenters. The highest BCUT2D eigenvalue weighted by molar-refractivity contribution is 5.92. The molecule has 0 unspecified atom stereocenters. The fourth-order valence-corrected chi connectivity index (χ4v) is 1.42. The third kappa shape index (κ3) is 6.95. The van der Waals surface area contributed by atoms with Crippen molar-refractivity contribution in [2.45, 2.75) is 26.4 Å². The molecule has 7 heteroatoms. The predicted octanol–water partition coefficient (Wildman–Crippen LogP) is 1.96. The van der Waals surface area contributed by atoms with Crippen LogP contribution in [0.4, 0.5) is 10.5 Å². The van der Waals surface area contributed by atoms with Crippen LogP contribution in [0.1, 0.15) is 26.3 Å². The highest BCUT2D eigenvalue weighted by Crippen LogP contribution is 2.08. The number of benzene rings is 1. The van der Waals surface area contributed by atoms with E-state index in [4.69, 9.17) is 9.94 Å². The molecular formula is C14H19N3O4. The number of anilines is 1. The van der Waals surface area contributed by atoms with Crippen molar-refractivity contribution < 1.29 is 19.5 Å². The maximum Gasteiger partial charge on any atom is 0.325 e. The van der Waals surface area contributed by atoms with E-state index in [0.29, 0.717) is 11.3 Å². The van der Waals surface area contributed by atoms with Crippen LogP contribution < -0.4 is 10.6 Å². The Morgan fingerprint density at radius 3 is 2.43 bits per heavy atom. The molecular weight excluding hydrogens is 274 g/mol. The summed E-state index contributed by atoms with van der Waals surface area (Å²) in [6, 6.07) is 6.12. The van der Waals surface area contributed by atoms with Gasteiger partial charge in [-0.05, 0) is 38.5 Å². The Labute approximate surface area is 123 Å². The third-order valence-electron chi connectivity index (χ3n) is 2.19. The van der Waals surface area contributed by atoms with E-state index < -0.39 is 17.6 Å². The maximum absolute atomic E-state index is 11.6. The Hall–Kier alpha value is -2.57.